The predicted molar refractivity (Wildman–Crippen MR) is 81.1 cm³/mol. The molecule has 7 nitrogen and oxygen atoms in total. The quantitative estimate of drug-likeness (QED) is 0.519. The molecule has 1 aliphatic rings. The van der Waals surface area contributed by atoms with Crippen molar-refractivity contribution in [2.24, 2.45) is 5.92 Å². The standard InChI is InChI=1S/C15H20N2O5/c1-10(18)11-4-3-7-16(9-11)12-5-6-14(17(20)21)13(8-12)15(19)22-2/h5-6,8,10-11,18H,3-4,7,9H2,1-2H3. The van der Waals surface area contributed by atoms with Crippen molar-refractivity contribution in [3.8, 4) is 0 Å². The molecule has 0 radical (unpaired) electrons. The van der Waals surface area contributed by atoms with Gasteiger partial charge < -0.3 is 14.7 Å². The third-order valence-corrected chi connectivity index (χ3v) is 4.09. The summed E-state index contributed by atoms with van der Waals surface area (Å²) in [7, 11) is 1.20. The van der Waals surface area contributed by atoms with Crippen LogP contribution in [0.2, 0.25) is 0 Å². The monoisotopic (exact) mass is 308 g/mol. The Bertz CT molecular complexity index is 573. The molecule has 1 aromatic carbocycles. The molecule has 1 aromatic rings. The average molecular weight is 308 g/mol. The number of hydrogen-bond acceptors (Lipinski definition) is 6. The van der Waals surface area contributed by atoms with Gasteiger partial charge in [-0.1, -0.05) is 0 Å². The zero-order chi connectivity index (χ0) is 16.3. The lowest BCUT2D eigenvalue weighted by Gasteiger charge is -2.35. The molecule has 1 aliphatic heterocycles. The zero-order valence-corrected chi connectivity index (χ0v) is 12.7. The molecule has 0 bridgehead atoms. The number of hydrogen-bond donors (Lipinski definition) is 1. The van der Waals surface area contributed by atoms with E-state index in [-0.39, 0.29) is 17.2 Å². The van der Waals surface area contributed by atoms with Crippen LogP contribution in [-0.4, -0.2) is 42.3 Å². The number of methoxy groups -OCH3 is 1. The second-order valence-electron chi connectivity index (χ2n) is 5.54. The molecule has 0 aromatic heterocycles. The van der Waals surface area contributed by atoms with E-state index in [1.54, 1.807) is 13.0 Å². The Morgan fingerprint density at radius 1 is 1.55 bits per heavy atom. The van der Waals surface area contributed by atoms with Crippen LogP contribution in [0, 0.1) is 16.0 Å². The Balaban J connectivity index is 2.32. The molecule has 2 unspecified atom stereocenters. The molecule has 2 atom stereocenters. The number of aliphatic hydroxyl groups excluding tert-OH is 1. The first-order chi connectivity index (χ1) is 10.4. The Labute approximate surface area is 128 Å². The molecular weight excluding hydrogens is 288 g/mol. The normalized spacial score (nSPS) is 19.6. The average Bonchev–Trinajstić information content (AvgIpc) is 2.53. The van der Waals surface area contributed by atoms with E-state index in [0.29, 0.717) is 6.54 Å². The minimum Gasteiger partial charge on any atom is -0.465 e. The number of nitro benzene ring substituents is 1. The number of ether oxygens (including phenoxy) is 1. The third kappa shape index (κ3) is 3.36. The van der Waals surface area contributed by atoms with Crippen molar-refractivity contribution in [2.45, 2.75) is 25.9 Å². The van der Waals surface area contributed by atoms with Crippen molar-refractivity contribution in [1.82, 2.24) is 0 Å². The van der Waals surface area contributed by atoms with Crippen LogP contribution in [0.5, 0.6) is 0 Å². The number of esters is 1. The smallest absolute Gasteiger partial charge is 0.344 e. The van der Waals surface area contributed by atoms with E-state index in [1.807, 2.05) is 4.90 Å². The third-order valence-electron chi connectivity index (χ3n) is 4.09. The van der Waals surface area contributed by atoms with Crippen molar-refractivity contribution in [1.29, 1.82) is 0 Å². The fourth-order valence-corrected chi connectivity index (χ4v) is 2.79. The minimum absolute atomic E-state index is 0.0517. The van der Waals surface area contributed by atoms with Gasteiger partial charge in [0.1, 0.15) is 5.56 Å². The second kappa shape index (κ2) is 6.74. The Morgan fingerprint density at radius 3 is 2.86 bits per heavy atom. The van der Waals surface area contributed by atoms with E-state index >= 15 is 0 Å². The summed E-state index contributed by atoms with van der Waals surface area (Å²) in [5.41, 5.74) is 0.417. The summed E-state index contributed by atoms with van der Waals surface area (Å²) in [6.45, 7) is 3.22. The fourth-order valence-electron chi connectivity index (χ4n) is 2.79. The summed E-state index contributed by atoms with van der Waals surface area (Å²) < 4.78 is 4.63. The van der Waals surface area contributed by atoms with Crippen molar-refractivity contribution < 1.29 is 19.6 Å². The zero-order valence-electron chi connectivity index (χ0n) is 12.7. The molecule has 1 N–H and O–H groups in total. The highest BCUT2D eigenvalue weighted by molar-refractivity contribution is 5.95. The van der Waals surface area contributed by atoms with Crippen LogP contribution in [0.1, 0.15) is 30.1 Å². The summed E-state index contributed by atoms with van der Waals surface area (Å²) in [5, 5.41) is 20.8. The van der Waals surface area contributed by atoms with Gasteiger partial charge in [0.25, 0.3) is 5.69 Å². The van der Waals surface area contributed by atoms with E-state index in [0.717, 1.165) is 25.1 Å². The topological polar surface area (TPSA) is 92.9 Å². The van der Waals surface area contributed by atoms with Crippen molar-refractivity contribution in [3.05, 3.63) is 33.9 Å². The SMILES string of the molecule is COC(=O)c1cc(N2CCCC(C(C)O)C2)ccc1[N+](=O)[O-]. The maximum Gasteiger partial charge on any atom is 0.344 e. The molecule has 2 rings (SSSR count). The van der Waals surface area contributed by atoms with Crippen LogP contribution in [0.4, 0.5) is 11.4 Å². The number of benzene rings is 1. The highest BCUT2D eigenvalue weighted by Gasteiger charge is 2.26. The van der Waals surface area contributed by atoms with Crippen molar-refractivity contribution in [3.63, 3.8) is 0 Å². The molecule has 0 spiro atoms. The number of anilines is 1. The van der Waals surface area contributed by atoms with Crippen LogP contribution in [0.25, 0.3) is 0 Å². The number of piperidine rings is 1. The van der Waals surface area contributed by atoms with Gasteiger partial charge >= 0.3 is 5.97 Å². The molecule has 1 fully saturated rings. The van der Waals surface area contributed by atoms with Gasteiger partial charge in [-0.25, -0.2) is 4.79 Å². The number of carbonyl (C=O) groups is 1. The largest absolute Gasteiger partial charge is 0.465 e. The first-order valence-corrected chi connectivity index (χ1v) is 7.23. The number of rotatable bonds is 4. The Morgan fingerprint density at radius 2 is 2.27 bits per heavy atom. The summed E-state index contributed by atoms with van der Waals surface area (Å²) in [6.07, 6.45) is 1.48. The predicted octanol–water partition coefficient (Wildman–Crippen LogP) is 1.98. The van der Waals surface area contributed by atoms with Crippen LogP contribution in [-0.2, 0) is 4.74 Å². The minimum atomic E-state index is -0.724. The van der Waals surface area contributed by atoms with Crippen molar-refractivity contribution in [2.75, 3.05) is 25.1 Å². The molecule has 0 saturated carbocycles. The molecule has 120 valence electrons. The van der Waals surface area contributed by atoms with E-state index < -0.39 is 17.0 Å². The van der Waals surface area contributed by atoms with Gasteiger partial charge in [0.2, 0.25) is 0 Å². The maximum atomic E-state index is 11.8. The van der Waals surface area contributed by atoms with Gasteiger partial charge in [0.15, 0.2) is 0 Å². The van der Waals surface area contributed by atoms with Crippen LogP contribution < -0.4 is 4.90 Å². The number of aliphatic hydroxyl groups is 1. The van der Waals surface area contributed by atoms with E-state index in [4.69, 9.17) is 0 Å². The molecule has 1 heterocycles. The van der Waals surface area contributed by atoms with Gasteiger partial charge in [-0.15, -0.1) is 0 Å². The molecule has 22 heavy (non-hydrogen) atoms. The number of nitrogens with zero attached hydrogens (tertiary/aromatic N) is 2. The van der Waals surface area contributed by atoms with Gasteiger partial charge in [0.05, 0.1) is 18.1 Å². The van der Waals surface area contributed by atoms with E-state index in [2.05, 4.69) is 4.74 Å². The molecule has 0 amide bonds. The highest BCUT2D eigenvalue weighted by atomic mass is 16.6. The number of carbonyl (C=O) groups excluding carboxylic acids is 1. The van der Waals surface area contributed by atoms with E-state index in [1.165, 1.54) is 19.2 Å². The van der Waals surface area contributed by atoms with Crippen molar-refractivity contribution >= 4 is 17.3 Å². The molecule has 7 heteroatoms. The summed E-state index contributed by atoms with van der Waals surface area (Å²) >= 11 is 0. The van der Waals surface area contributed by atoms with Crippen LogP contribution in [0.15, 0.2) is 18.2 Å². The van der Waals surface area contributed by atoms with Crippen LogP contribution >= 0.6 is 0 Å². The van der Waals surface area contributed by atoms with Gasteiger partial charge in [-0.3, -0.25) is 10.1 Å². The molecule has 1 saturated heterocycles. The Kier molecular flexibility index (Phi) is 4.97. The molecular formula is C15H20N2O5. The van der Waals surface area contributed by atoms with E-state index in [9.17, 15) is 20.0 Å². The Hall–Kier alpha value is -2.15. The first-order valence-electron chi connectivity index (χ1n) is 7.23. The maximum absolute atomic E-state index is 11.8. The van der Waals surface area contributed by atoms with Gasteiger partial charge in [-0.2, -0.15) is 0 Å². The molecule has 0 aliphatic carbocycles. The van der Waals surface area contributed by atoms with Gasteiger partial charge in [0, 0.05) is 30.8 Å². The highest BCUT2D eigenvalue weighted by Crippen LogP contribution is 2.29. The van der Waals surface area contributed by atoms with Gasteiger partial charge in [-0.05, 0) is 31.9 Å². The second-order valence-corrected chi connectivity index (χ2v) is 5.54. The lowest BCUT2D eigenvalue weighted by molar-refractivity contribution is -0.385. The first kappa shape index (κ1) is 16.2. The number of nitro groups is 1. The summed E-state index contributed by atoms with van der Waals surface area (Å²) in [5.74, 6) is -0.567. The van der Waals surface area contributed by atoms with Crippen LogP contribution in [0.3, 0.4) is 0 Å². The lowest BCUT2D eigenvalue weighted by atomic mass is 9.93. The summed E-state index contributed by atoms with van der Waals surface area (Å²) in [4.78, 5) is 24.2. The lowest BCUT2D eigenvalue weighted by Crippen LogP contribution is -2.39. The summed E-state index contributed by atoms with van der Waals surface area (Å²) in [6, 6.07) is 4.46. The fraction of sp³-hybridized carbons (Fsp3) is 0.533.